The van der Waals surface area contributed by atoms with Crippen LogP contribution in [0, 0.1) is 0 Å². The number of hydrogen-bond acceptors (Lipinski definition) is 2. The molecule has 1 atom stereocenters. The molecule has 1 rings (SSSR count). The van der Waals surface area contributed by atoms with E-state index < -0.39 is 0 Å². The summed E-state index contributed by atoms with van der Waals surface area (Å²) in [4.78, 5) is 0. The van der Waals surface area contributed by atoms with Crippen molar-refractivity contribution in [1.29, 1.82) is 0 Å². The molecule has 1 aromatic rings. The minimum absolute atomic E-state index is 0. The van der Waals surface area contributed by atoms with Crippen LogP contribution in [0.25, 0.3) is 0 Å². The number of ether oxygens (including phenoxy) is 2. The third kappa shape index (κ3) is 2.45. The molecule has 0 aliphatic carbocycles. The summed E-state index contributed by atoms with van der Waals surface area (Å²) < 4.78 is 10.2. The van der Waals surface area contributed by atoms with Crippen molar-refractivity contribution in [2.24, 2.45) is 0 Å². The average Bonchev–Trinajstić information content (AvgIpc) is 2.05. The first-order valence-corrected chi connectivity index (χ1v) is 3.83. The van der Waals surface area contributed by atoms with Gasteiger partial charge in [0, 0.05) is 20.4 Å². The molecule has 0 amide bonds. The quantitative estimate of drug-likeness (QED) is 0.597. The van der Waals surface area contributed by atoms with Crippen molar-refractivity contribution in [3.8, 4) is 11.5 Å². The summed E-state index contributed by atoms with van der Waals surface area (Å²) in [6, 6.07) is 5.68. The van der Waals surface area contributed by atoms with Crippen molar-refractivity contribution in [2.75, 3.05) is 14.2 Å². The van der Waals surface area contributed by atoms with Gasteiger partial charge in [-0.1, -0.05) is 15.3 Å². The second-order valence-electron chi connectivity index (χ2n) is 2.08. The van der Waals surface area contributed by atoms with Crippen molar-refractivity contribution in [2.45, 2.75) is 0 Å². The Balaban J connectivity index is 0.00000121. The molecule has 0 fully saturated rings. The Morgan fingerprint density at radius 3 is 1.83 bits per heavy atom. The molecule has 70 valence electrons. The predicted molar refractivity (Wildman–Crippen MR) is 48.9 cm³/mol. The molecule has 0 saturated heterocycles. The monoisotopic (exact) mass is 276 g/mol. The summed E-state index contributed by atoms with van der Waals surface area (Å²) in [5, 5.41) is 0.956. The number of rotatable bonds is 2. The molecule has 0 radical (unpaired) electrons. The number of methoxy groups -OCH3 is 2. The van der Waals surface area contributed by atoms with E-state index in [0.29, 0.717) is 0 Å². The van der Waals surface area contributed by atoms with Crippen LogP contribution in [0.4, 0.5) is 0 Å². The van der Waals surface area contributed by atoms with Gasteiger partial charge in [0.25, 0.3) is 0 Å². The SMILES string of the molecule is COc1cccc(OC)c1P.[Pd]. The summed E-state index contributed by atoms with van der Waals surface area (Å²) in [5.74, 6) is 1.66. The van der Waals surface area contributed by atoms with Crippen LogP contribution in [-0.2, 0) is 20.4 Å². The van der Waals surface area contributed by atoms with Crippen molar-refractivity contribution < 1.29 is 29.9 Å². The van der Waals surface area contributed by atoms with E-state index in [1.165, 1.54) is 0 Å². The van der Waals surface area contributed by atoms with Gasteiger partial charge in [0.2, 0.25) is 0 Å². The molecule has 0 bridgehead atoms. The Morgan fingerprint density at radius 2 is 1.50 bits per heavy atom. The topological polar surface area (TPSA) is 18.5 Å². The molecule has 0 spiro atoms. The Hall–Kier alpha value is -0.0877. The molecular formula is C8H11O2PPd. The molecule has 0 aromatic heterocycles. The normalized spacial score (nSPS) is 8.58. The second-order valence-corrected chi connectivity index (χ2v) is 2.65. The first kappa shape index (κ1) is 11.9. The van der Waals surface area contributed by atoms with Gasteiger partial charge in [-0.05, 0) is 12.1 Å². The van der Waals surface area contributed by atoms with Crippen molar-refractivity contribution >= 4 is 14.5 Å². The Kier molecular flexibility index (Phi) is 5.50. The first-order valence-electron chi connectivity index (χ1n) is 3.26. The molecular weight excluding hydrogens is 265 g/mol. The minimum Gasteiger partial charge on any atom is -0.496 e. The fraction of sp³-hybridized carbons (Fsp3) is 0.250. The van der Waals surface area contributed by atoms with Crippen LogP contribution < -0.4 is 14.8 Å². The van der Waals surface area contributed by atoms with E-state index in [4.69, 9.17) is 9.47 Å². The molecule has 0 heterocycles. The van der Waals surface area contributed by atoms with Crippen LogP contribution >= 0.6 is 9.24 Å². The van der Waals surface area contributed by atoms with Gasteiger partial charge < -0.3 is 9.47 Å². The molecule has 12 heavy (non-hydrogen) atoms. The average molecular weight is 277 g/mol. The maximum absolute atomic E-state index is 5.09. The molecule has 4 heteroatoms. The van der Waals surface area contributed by atoms with Crippen LogP contribution in [0.5, 0.6) is 11.5 Å². The second kappa shape index (κ2) is 5.54. The summed E-state index contributed by atoms with van der Waals surface area (Å²) in [5.41, 5.74) is 0. The van der Waals surface area contributed by atoms with E-state index in [2.05, 4.69) is 9.24 Å². The molecule has 0 aliphatic rings. The summed E-state index contributed by atoms with van der Waals surface area (Å²) in [6.45, 7) is 0. The maximum atomic E-state index is 5.09. The standard InChI is InChI=1S/C8H11O2P.Pd/c1-9-6-4-3-5-7(10-2)8(6)11;/h3-5H,11H2,1-2H3;. The molecule has 1 aromatic carbocycles. The van der Waals surface area contributed by atoms with E-state index >= 15 is 0 Å². The molecule has 1 unspecified atom stereocenters. The van der Waals surface area contributed by atoms with Crippen molar-refractivity contribution in [3.05, 3.63) is 18.2 Å². The van der Waals surface area contributed by atoms with E-state index in [1.807, 2.05) is 18.2 Å². The van der Waals surface area contributed by atoms with Gasteiger partial charge in [-0.3, -0.25) is 0 Å². The summed E-state index contributed by atoms with van der Waals surface area (Å²) in [6.07, 6.45) is 0. The Morgan fingerprint density at radius 1 is 1.08 bits per heavy atom. The molecule has 0 aliphatic heterocycles. The zero-order valence-electron chi connectivity index (χ0n) is 6.94. The van der Waals surface area contributed by atoms with Gasteiger partial charge in [0.05, 0.1) is 19.5 Å². The Labute approximate surface area is 88.5 Å². The van der Waals surface area contributed by atoms with E-state index in [1.54, 1.807) is 14.2 Å². The number of benzene rings is 1. The first-order chi connectivity index (χ1) is 5.29. The Bertz CT molecular complexity index is 231. The number of hydrogen-bond donors (Lipinski definition) is 0. The van der Waals surface area contributed by atoms with Crippen LogP contribution in [0.15, 0.2) is 18.2 Å². The van der Waals surface area contributed by atoms with Gasteiger partial charge in [-0.15, -0.1) is 0 Å². The fourth-order valence-corrected chi connectivity index (χ4v) is 1.31. The summed E-state index contributed by atoms with van der Waals surface area (Å²) >= 11 is 0. The minimum atomic E-state index is 0. The zero-order chi connectivity index (χ0) is 8.27. The van der Waals surface area contributed by atoms with Gasteiger partial charge in [0.1, 0.15) is 11.5 Å². The third-order valence-corrected chi connectivity index (χ3v) is 2.03. The van der Waals surface area contributed by atoms with Gasteiger partial charge in [0.15, 0.2) is 0 Å². The van der Waals surface area contributed by atoms with Crippen molar-refractivity contribution in [3.63, 3.8) is 0 Å². The van der Waals surface area contributed by atoms with Gasteiger partial charge in [-0.25, -0.2) is 0 Å². The van der Waals surface area contributed by atoms with Crippen LogP contribution in [0.3, 0.4) is 0 Å². The largest absolute Gasteiger partial charge is 0.496 e. The van der Waals surface area contributed by atoms with E-state index in [0.717, 1.165) is 16.8 Å². The van der Waals surface area contributed by atoms with E-state index in [9.17, 15) is 0 Å². The third-order valence-electron chi connectivity index (χ3n) is 1.47. The van der Waals surface area contributed by atoms with Crippen molar-refractivity contribution in [1.82, 2.24) is 0 Å². The van der Waals surface area contributed by atoms with Crippen LogP contribution in [-0.4, -0.2) is 14.2 Å². The van der Waals surface area contributed by atoms with Gasteiger partial charge >= 0.3 is 0 Å². The summed E-state index contributed by atoms with van der Waals surface area (Å²) in [7, 11) is 5.87. The molecule has 0 N–H and O–H groups in total. The maximum Gasteiger partial charge on any atom is 0.129 e. The van der Waals surface area contributed by atoms with Crippen LogP contribution in [0.2, 0.25) is 0 Å². The zero-order valence-corrected chi connectivity index (χ0v) is 9.65. The van der Waals surface area contributed by atoms with E-state index in [-0.39, 0.29) is 20.4 Å². The fourth-order valence-electron chi connectivity index (χ4n) is 0.880. The smallest absolute Gasteiger partial charge is 0.129 e. The predicted octanol–water partition coefficient (Wildman–Crippen LogP) is 1.20. The van der Waals surface area contributed by atoms with Crippen LogP contribution in [0.1, 0.15) is 0 Å². The van der Waals surface area contributed by atoms with Gasteiger partial charge in [-0.2, -0.15) is 0 Å². The molecule has 2 nitrogen and oxygen atoms in total. The molecule has 0 saturated carbocycles.